The monoisotopic (exact) mass is 288 g/mol. The molecule has 2 fully saturated rings. The molecule has 0 unspecified atom stereocenters. The van der Waals surface area contributed by atoms with Crippen LogP contribution >= 0.6 is 0 Å². The smallest absolute Gasteiger partial charge is 0.0471 e. The quantitative estimate of drug-likeness (QED) is 0.900. The predicted octanol–water partition coefficient (Wildman–Crippen LogP) is 3.19. The van der Waals surface area contributed by atoms with Crippen LogP contribution in [0.4, 0.5) is 5.69 Å². The zero-order valence-electron chi connectivity index (χ0n) is 13.2. The zero-order chi connectivity index (χ0) is 14.5. The Labute approximate surface area is 128 Å². The number of ether oxygens (including phenoxy) is 1. The molecule has 0 saturated carbocycles. The number of nitrogens with zero attached hydrogens (tertiary/aromatic N) is 1. The molecule has 1 aromatic carbocycles. The highest BCUT2D eigenvalue weighted by Crippen LogP contribution is 2.29. The highest BCUT2D eigenvalue weighted by atomic mass is 16.5. The van der Waals surface area contributed by atoms with Gasteiger partial charge in [-0.3, -0.25) is 0 Å². The van der Waals surface area contributed by atoms with E-state index < -0.39 is 0 Å². The molecule has 3 rings (SSSR count). The molecule has 0 atom stereocenters. The molecule has 0 spiro atoms. The summed E-state index contributed by atoms with van der Waals surface area (Å²) in [7, 11) is 0. The highest BCUT2D eigenvalue weighted by Gasteiger charge is 2.26. The van der Waals surface area contributed by atoms with E-state index in [1.807, 2.05) is 0 Å². The molecule has 0 bridgehead atoms. The second kappa shape index (κ2) is 6.80. The standard InChI is InChI=1S/C18H28N2O/c1-18(8-12-21-13-9-18)15-19-14-16-6-2-3-7-17(16)20-10-4-5-11-20/h2-3,6-7,19H,4-5,8-15H2,1H3. The molecule has 1 aromatic rings. The van der Waals surface area contributed by atoms with Crippen molar-refractivity contribution in [1.82, 2.24) is 5.32 Å². The van der Waals surface area contributed by atoms with Crippen LogP contribution in [0, 0.1) is 5.41 Å². The molecular formula is C18H28N2O. The summed E-state index contributed by atoms with van der Waals surface area (Å²) in [6.45, 7) is 8.71. The number of hydrogen-bond acceptors (Lipinski definition) is 3. The predicted molar refractivity (Wildman–Crippen MR) is 87.8 cm³/mol. The fourth-order valence-electron chi connectivity index (χ4n) is 3.47. The maximum Gasteiger partial charge on any atom is 0.0471 e. The van der Waals surface area contributed by atoms with Gasteiger partial charge in [0, 0.05) is 45.1 Å². The summed E-state index contributed by atoms with van der Waals surface area (Å²) in [5, 5.41) is 3.69. The van der Waals surface area contributed by atoms with Crippen LogP contribution in [0.1, 0.15) is 38.2 Å². The van der Waals surface area contributed by atoms with Crippen molar-refractivity contribution in [2.24, 2.45) is 5.41 Å². The maximum atomic E-state index is 5.48. The van der Waals surface area contributed by atoms with E-state index in [1.54, 1.807) is 0 Å². The van der Waals surface area contributed by atoms with Crippen LogP contribution in [0.5, 0.6) is 0 Å². The average Bonchev–Trinajstić information content (AvgIpc) is 3.02. The molecule has 3 nitrogen and oxygen atoms in total. The molecule has 2 aliphatic rings. The van der Waals surface area contributed by atoms with Gasteiger partial charge in [-0.15, -0.1) is 0 Å². The maximum absolute atomic E-state index is 5.48. The summed E-state index contributed by atoms with van der Waals surface area (Å²) in [6.07, 6.45) is 5.02. The molecule has 2 saturated heterocycles. The Bertz CT molecular complexity index is 448. The van der Waals surface area contributed by atoms with E-state index in [9.17, 15) is 0 Å². The Morgan fingerprint density at radius 3 is 2.62 bits per heavy atom. The molecule has 3 heteroatoms. The van der Waals surface area contributed by atoms with Crippen LogP contribution in [0.25, 0.3) is 0 Å². The molecule has 0 amide bonds. The molecule has 0 aliphatic carbocycles. The van der Waals surface area contributed by atoms with Gasteiger partial charge in [-0.2, -0.15) is 0 Å². The van der Waals surface area contributed by atoms with E-state index in [0.29, 0.717) is 5.41 Å². The summed E-state index contributed by atoms with van der Waals surface area (Å²) in [4.78, 5) is 2.53. The van der Waals surface area contributed by atoms with Crippen LogP contribution in [0.15, 0.2) is 24.3 Å². The second-order valence-corrected chi connectivity index (χ2v) is 6.85. The summed E-state index contributed by atoms with van der Waals surface area (Å²) in [6, 6.07) is 8.87. The van der Waals surface area contributed by atoms with E-state index in [0.717, 1.165) is 26.3 Å². The number of benzene rings is 1. The molecule has 0 aromatic heterocycles. The molecule has 21 heavy (non-hydrogen) atoms. The first-order valence-electron chi connectivity index (χ1n) is 8.38. The lowest BCUT2D eigenvalue weighted by Gasteiger charge is -2.34. The lowest BCUT2D eigenvalue weighted by atomic mass is 9.82. The molecular weight excluding hydrogens is 260 g/mol. The van der Waals surface area contributed by atoms with E-state index in [2.05, 4.69) is 41.4 Å². The zero-order valence-corrected chi connectivity index (χ0v) is 13.2. The third-order valence-electron chi connectivity index (χ3n) is 5.01. The normalized spacial score (nSPS) is 21.7. The van der Waals surface area contributed by atoms with E-state index in [4.69, 9.17) is 4.74 Å². The molecule has 116 valence electrons. The summed E-state index contributed by atoms with van der Waals surface area (Å²) in [5.41, 5.74) is 3.27. The fraction of sp³-hybridized carbons (Fsp3) is 0.667. The highest BCUT2D eigenvalue weighted by molar-refractivity contribution is 5.54. The van der Waals surface area contributed by atoms with Crippen molar-refractivity contribution in [2.75, 3.05) is 37.7 Å². The van der Waals surface area contributed by atoms with Gasteiger partial charge >= 0.3 is 0 Å². The fourth-order valence-corrected chi connectivity index (χ4v) is 3.47. The second-order valence-electron chi connectivity index (χ2n) is 6.85. The van der Waals surface area contributed by atoms with Gasteiger partial charge in [0.15, 0.2) is 0 Å². The Morgan fingerprint density at radius 2 is 1.86 bits per heavy atom. The largest absolute Gasteiger partial charge is 0.381 e. The van der Waals surface area contributed by atoms with Crippen LogP contribution in [-0.4, -0.2) is 32.8 Å². The Balaban J connectivity index is 1.57. The lowest BCUT2D eigenvalue weighted by Crippen LogP contribution is -2.36. The van der Waals surface area contributed by atoms with Crippen LogP contribution < -0.4 is 10.2 Å². The van der Waals surface area contributed by atoms with E-state index in [1.165, 1.54) is 50.0 Å². The van der Waals surface area contributed by atoms with Crippen molar-refractivity contribution >= 4 is 5.69 Å². The number of hydrogen-bond donors (Lipinski definition) is 1. The first kappa shape index (κ1) is 14.9. The van der Waals surface area contributed by atoms with Gasteiger partial charge < -0.3 is 15.0 Å². The Morgan fingerprint density at radius 1 is 1.14 bits per heavy atom. The minimum atomic E-state index is 0.404. The number of para-hydroxylation sites is 1. The van der Waals surface area contributed by atoms with Gasteiger partial charge in [0.25, 0.3) is 0 Å². The number of rotatable bonds is 5. The van der Waals surface area contributed by atoms with Crippen molar-refractivity contribution in [3.05, 3.63) is 29.8 Å². The van der Waals surface area contributed by atoms with Gasteiger partial charge in [-0.1, -0.05) is 25.1 Å². The van der Waals surface area contributed by atoms with Crippen molar-refractivity contribution in [3.63, 3.8) is 0 Å². The molecule has 0 radical (unpaired) electrons. The third-order valence-corrected chi connectivity index (χ3v) is 5.01. The summed E-state index contributed by atoms with van der Waals surface area (Å²) in [5.74, 6) is 0. The lowest BCUT2D eigenvalue weighted by molar-refractivity contribution is 0.0240. The van der Waals surface area contributed by atoms with Gasteiger partial charge in [0.2, 0.25) is 0 Å². The van der Waals surface area contributed by atoms with Gasteiger partial charge in [-0.05, 0) is 42.7 Å². The summed E-state index contributed by atoms with van der Waals surface area (Å²) >= 11 is 0. The average molecular weight is 288 g/mol. The number of anilines is 1. The SMILES string of the molecule is CC1(CNCc2ccccc2N2CCCC2)CCOCC1. The number of nitrogens with one attached hydrogen (secondary N) is 1. The first-order valence-corrected chi connectivity index (χ1v) is 8.38. The van der Waals surface area contributed by atoms with Crippen molar-refractivity contribution in [2.45, 2.75) is 39.2 Å². The van der Waals surface area contributed by atoms with Crippen LogP contribution in [0.2, 0.25) is 0 Å². The molecule has 1 N–H and O–H groups in total. The summed E-state index contributed by atoms with van der Waals surface area (Å²) < 4.78 is 5.48. The Kier molecular flexibility index (Phi) is 4.81. The van der Waals surface area contributed by atoms with Gasteiger partial charge in [0.1, 0.15) is 0 Å². The Hall–Kier alpha value is -1.06. The van der Waals surface area contributed by atoms with Crippen LogP contribution in [0.3, 0.4) is 0 Å². The molecule has 2 aliphatic heterocycles. The molecule has 2 heterocycles. The topological polar surface area (TPSA) is 24.5 Å². The van der Waals surface area contributed by atoms with Crippen LogP contribution in [-0.2, 0) is 11.3 Å². The van der Waals surface area contributed by atoms with Crippen molar-refractivity contribution in [3.8, 4) is 0 Å². The minimum absolute atomic E-state index is 0.404. The minimum Gasteiger partial charge on any atom is -0.381 e. The van der Waals surface area contributed by atoms with Crippen molar-refractivity contribution in [1.29, 1.82) is 0 Å². The van der Waals surface area contributed by atoms with E-state index >= 15 is 0 Å². The van der Waals surface area contributed by atoms with Crippen molar-refractivity contribution < 1.29 is 4.74 Å². The van der Waals surface area contributed by atoms with Gasteiger partial charge in [0.05, 0.1) is 0 Å². The van der Waals surface area contributed by atoms with Gasteiger partial charge in [-0.25, -0.2) is 0 Å². The van der Waals surface area contributed by atoms with E-state index in [-0.39, 0.29) is 0 Å². The first-order chi connectivity index (χ1) is 10.3. The third kappa shape index (κ3) is 3.78.